The van der Waals surface area contributed by atoms with E-state index >= 15 is 0 Å². The SMILES string of the molecule is CCc1cccc2c1ccn2S(=O)c1ccccc1. The summed E-state index contributed by atoms with van der Waals surface area (Å²) in [7, 11) is -1.18. The van der Waals surface area contributed by atoms with Gasteiger partial charge in [-0.15, -0.1) is 0 Å². The molecule has 2 nitrogen and oxygen atoms in total. The molecule has 3 rings (SSSR count). The highest BCUT2D eigenvalue weighted by Crippen LogP contribution is 2.23. The number of benzene rings is 2. The summed E-state index contributed by atoms with van der Waals surface area (Å²) in [5.41, 5.74) is 2.32. The summed E-state index contributed by atoms with van der Waals surface area (Å²) in [6.07, 6.45) is 2.90. The van der Waals surface area contributed by atoms with Crippen LogP contribution in [0.15, 0.2) is 65.7 Å². The predicted octanol–water partition coefficient (Wildman–Crippen LogP) is 3.77. The maximum Gasteiger partial charge on any atom is 0.157 e. The van der Waals surface area contributed by atoms with E-state index in [1.54, 1.807) is 0 Å². The first-order valence-corrected chi connectivity index (χ1v) is 7.48. The van der Waals surface area contributed by atoms with Crippen LogP contribution in [-0.2, 0) is 17.4 Å². The molecule has 96 valence electrons. The zero-order valence-corrected chi connectivity index (χ0v) is 11.6. The molecule has 0 fully saturated rings. The minimum absolute atomic E-state index is 0.821. The Hall–Kier alpha value is -1.87. The average molecular weight is 269 g/mol. The van der Waals surface area contributed by atoms with E-state index in [-0.39, 0.29) is 0 Å². The summed E-state index contributed by atoms with van der Waals surface area (Å²) in [4.78, 5) is 0.821. The van der Waals surface area contributed by atoms with Gasteiger partial charge in [-0.25, -0.2) is 4.21 Å². The Bertz CT molecular complexity index is 731. The number of hydrogen-bond donors (Lipinski definition) is 0. The van der Waals surface area contributed by atoms with Crippen LogP contribution in [0.1, 0.15) is 12.5 Å². The van der Waals surface area contributed by atoms with Gasteiger partial charge in [0.2, 0.25) is 0 Å². The van der Waals surface area contributed by atoms with Gasteiger partial charge in [-0.2, -0.15) is 0 Å². The quantitative estimate of drug-likeness (QED) is 0.709. The number of hydrogen-bond acceptors (Lipinski definition) is 1. The monoisotopic (exact) mass is 269 g/mol. The van der Waals surface area contributed by atoms with Crippen LogP contribution in [0.25, 0.3) is 10.9 Å². The lowest BCUT2D eigenvalue weighted by molar-refractivity contribution is 0.678. The third-order valence-electron chi connectivity index (χ3n) is 3.29. The van der Waals surface area contributed by atoms with Crippen molar-refractivity contribution in [2.24, 2.45) is 0 Å². The Kier molecular flexibility index (Phi) is 3.22. The average Bonchev–Trinajstić information content (AvgIpc) is 2.91. The van der Waals surface area contributed by atoms with Gasteiger partial charge in [-0.3, -0.25) is 3.97 Å². The van der Waals surface area contributed by atoms with Crippen LogP contribution >= 0.6 is 0 Å². The molecule has 3 aromatic rings. The Morgan fingerprint density at radius 2 is 1.79 bits per heavy atom. The zero-order chi connectivity index (χ0) is 13.2. The third kappa shape index (κ3) is 2.10. The standard InChI is InChI=1S/C16H15NOS/c1-2-13-7-6-10-16-15(13)11-12-17(16)19(18)14-8-4-3-5-9-14/h3-12H,2H2,1H3. The molecular weight excluding hydrogens is 254 g/mol. The summed E-state index contributed by atoms with van der Waals surface area (Å²) in [6, 6.07) is 17.8. The maximum atomic E-state index is 12.6. The van der Waals surface area contributed by atoms with Crippen LogP contribution in [0.2, 0.25) is 0 Å². The fraction of sp³-hybridized carbons (Fsp3) is 0.125. The van der Waals surface area contributed by atoms with E-state index in [1.165, 1.54) is 10.9 Å². The van der Waals surface area contributed by atoms with Crippen molar-refractivity contribution >= 4 is 21.9 Å². The van der Waals surface area contributed by atoms with E-state index in [9.17, 15) is 4.21 Å². The Labute approximate surface area is 115 Å². The highest BCUT2D eigenvalue weighted by molar-refractivity contribution is 7.83. The smallest absolute Gasteiger partial charge is 0.157 e. The van der Waals surface area contributed by atoms with Gasteiger partial charge in [0.25, 0.3) is 0 Å². The van der Waals surface area contributed by atoms with E-state index in [4.69, 9.17) is 0 Å². The lowest BCUT2D eigenvalue weighted by Crippen LogP contribution is -2.03. The van der Waals surface area contributed by atoms with Crippen LogP contribution < -0.4 is 0 Å². The molecule has 0 amide bonds. The molecule has 2 aromatic carbocycles. The van der Waals surface area contributed by atoms with Crippen molar-refractivity contribution in [1.82, 2.24) is 3.97 Å². The fourth-order valence-electron chi connectivity index (χ4n) is 2.31. The van der Waals surface area contributed by atoms with Crippen molar-refractivity contribution in [1.29, 1.82) is 0 Å². The molecule has 3 heteroatoms. The largest absolute Gasteiger partial charge is 0.263 e. The molecule has 1 atom stereocenters. The second-order valence-electron chi connectivity index (χ2n) is 4.41. The van der Waals surface area contributed by atoms with Crippen molar-refractivity contribution in [3.8, 4) is 0 Å². The van der Waals surface area contributed by atoms with Gasteiger partial charge < -0.3 is 0 Å². The molecule has 0 radical (unpaired) electrons. The summed E-state index contributed by atoms with van der Waals surface area (Å²) >= 11 is 0. The normalized spacial score (nSPS) is 12.7. The van der Waals surface area contributed by atoms with Crippen LogP contribution in [0.4, 0.5) is 0 Å². The molecule has 0 N–H and O–H groups in total. The summed E-state index contributed by atoms with van der Waals surface area (Å²) in [5, 5.41) is 1.19. The first-order chi connectivity index (χ1) is 9.31. The third-order valence-corrected chi connectivity index (χ3v) is 4.64. The molecule has 0 spiro atoms. The Morgan fingerprint density at radius 3 is 2.53 bits per heavy atom. The fourth-order valence-corrected chi connectivity index (χ4v) is 3.44. The lowest BCUT2D eigenvalue weighted by Gasteiger charge is -2.06. The number of aryl methyl sites for hydroxylation is 1. The van der Waals surface area contributed by atoms with Crippen molar-refractivity contribution in [3.05, 3.63) is 66.4 Å². The number of fused-ring (bicyclic) bond motifs is 1. The molecule has 1 aromatic heterocycles. The van der Waals surface area contributed by atoms with Crippen molar-refractivity contribution < 1.29 is 4.21 Å². The highest BCUT2D eigenvalue weighted by Gasteiger charge is 2.10. The van der Waals surface area contributed by atoms with Gasteiger partial charge >= 0.3 is 0 Å². The minimum atomic E-state index is -1.18. The molecule has 0 saturated carbocycles. The minimum Gasteiger partial charge on any atom is -0.263 e. The molecule has 0 aliphatic carbocycles. The number of rotatable bonds is 3. The molecule has 0 aliphatic rings. The van der Waals surface area contributed by atoms with Crippen LogP contribution in [0, 0.1) is 0 Å². The second kappa shape index (κ2) is 5.02. The van der Waals surface area contributed by atoms with Crippen LogP contribution in [0.3, 0.4) is 0 Å². The van der Waals surface area contributed by atoms with E-state index < -0.39 is 11.0 Å². The van der Waals surface area contributed by atoms with Crippen LogP contribution in [-0.4, -0.2) is 8.18 Å². The molecule has 1 heterocycles. The van der Waals surface area contributed by atoms with Gasteiger partial charge in [-0.05, 0) is 36.2 Å². The molecule has 0 saturated heterocycles. The Morgan fingerprint density at radius 1 is 1.00 bits per heavy atom. The molecule has 0 aliphatic heterocycles. The summed E-state index contributed by atoms with van der Waals surface area (Å²) < 4.78 is 14.4. The van der Waals surface area contributed by atoms with Crippen molar-refractivity contribution in [2.45, 2.75) is 18.2 Å². The second-order valence-corrected chi connectivity index (χ2v) is 5.77. The van der Waals surface area contributed by atoms with Crippen molar-refractivity contribution in [2.75, 3.05) is 0 Å². The van der Waals surface area contributed by atoms with E-state index in [1.807, 2.05) is 52.6 Å². The van der Waals surface area contributed by atoms with Crippen molar-refractivity contribution in [3.63, 3.8) is 0 Å². The van der Waals surface area contributed by atoms with Crippen LogP contribution in [0.5, 0.6) is 0 Å². The Balaban J connectivity index is 2.14. The molecule has 1 unspecified atom stereocenters. The van der Waals surface area contributed by atoms with Gasteiger partial charge in [0.05, 0.1) is 10.4 Å². The van der Waals surface area contributed by atoms with Gasteiger partial charge in [0.1, 0.15) is 0 Å². The van der Waals surface area contributed by atoms with Gasteiger partial charge in [0, 0.05) is 11.6 Å². The number of nitrogens with zero attached hydrogens (tertiary/aromatic N) is 1. The number of aromatic nitrogens is 1. The van der Waals surface area contributed by atoms with Gasteiger partial charge in [0.15, 0.2) is 11.0 Å². The summed E-state index contributed by atoms with van der Waals surface area (Å²) in [6.45, 7) is 2.14. The van der Waals surface area contributed by atoms with E-state index in [0.717, 1.165) is 16.8 Å². The topological polar surface area (TPSA) is 22.0 Å². The highest BCUT2D eigenvalue weighted by atomic mass is 32.2. The van der Waals surface area contributed by atoms with E-state index in [0.29, 0.717) is 0 Å². The van der Waals surface area contributed by atoms with Gasteiger partial charge in [-0.1, -0.05) is 37.3 Å². The lowest BCUT2D eigenvalue weighted by atomic mass is 10.1. The van der Waals surface area contributed by atoms with E-state index in [2.05, 4.69) is 19.1 Å². The molecule has 19 heavy (non-hydrogen) atoms. The summed E-state index contributed by atoms with van der Waals surface area (Å²) in [5.74, 6) is 0. The first kappa shape index (κ1) is 12.2. The maximum absolute atomic E-state index is 12.6. The predicted molar refractivity (Wildman–Crippen MR) is 79.6 cm³/mol. The zero-order valence-electron chi connectivity index (χ0n) is 10.7. The molecule has 0 bridgehead atoms. The molecular formula is C16H15NOS. The first-order valence-electron chi connectivity index (χ1n) is 6.37.